The summed E-state index contributed by atoms with van der Waals surface area (Å²) in [4.78, 5) is 10.7. The molecule has 98 valence electrons. The second kappa shape index (κ2) is 4.98. The van der Waals surface area contributed by atoms with Crippen molar-refractivity contribution in [2.75, 3.05) is 11.9 Å². The fraction of sp³-hybridized carbons (Fsp3) is 0.500. The first-order valence-electron chi connectivity index (χ1n) is 6.38. The molecule has 4 heteroatoms. The van der Waals surface area contributed by atoms with E-state index in [4.69, 9.17) is 5.73 Å². The molecule has 1 aromatic rings. The van der Waals surface area contributed by atoms with Crippen LogP contribution in [0.2, 0.25) is 0 Å². The third-order valence-electron chi connectivity index (χ3n) is 3.62. The van der Waals surface area contributed by atoms with Crippen LogP contribution in [0, 0.1) is 5.41 Å². The second-order valence-corrected chi connectivity index (χ2v) is 5.52. The number of nitrogens with one attached hydrogen (secondary N) is 2. The van der Waals surface area contributed by atoms with Gasteiger partial charge in [0.25, 0.3) is 0 Å². The van der Waals surface area contributed by atoms with Gasteiger partial charge in [0, 0.05) is 18.3 Å². The van der Waals surface area contributed by atoms with E-state index in [1.807, 2.05) is 24.3 Å². The Morgan fingerprint density at radius 1 is 1.39 bits per heavy atom. The van der Waals surface area contributed by atoms with E-state index in [1.165, 1.54) is 18.4 Å². The summed E-state index contributed by atoms with van der Waals surface area (Å²) in [5, 5.41) is 6.11. The SMILES string of the molecule is CC(NCC1(C)CC1)c1ccc(NC(N)=O)cc1. The van der Waals surface area contributed by atoms with Crippen LogP contribution in [0.1, 0.15) is 38.3 Å². The molecule has 18 heavy (non-hydrogen) atoms. The molecule has 1 aliphatic rings. The van der Waals surface area contributed by atoms with Crippen molar-refractivity contribution in [1.29, 1.82) is 0 Å². The monoisotopic (exact) mass is 247 g/mol. The van der Waals surface area contributed by atoms with Gasteiger partial charge in [0.1, 0.15) is 0 Å². The maximum Gasteiger partial charge on any atom is 0.316 e. The number of nitrogens with two attached hydrogens (primary N) is 1. The number of carbonyl (C=O) groups excluding carboxylic acids is 1. The molecule has 0 heterocycles. The summed E-state index contributed by atoms with van der Waals surface area (Å²) in [5.41, 5.74) is 7.52. The maximum absolute atomic E-state index is 10.7. The maximum atomic E-state index is 10.7. The Morgan fingerprint density at radius 3 is 2.50 bits per heavy atom. The van der Waals surface area contributed by atoms with Crippen molar-refractivity contribution >= 4 is 11.7 Å². The number of hydrogen-bond acceptors (Lipinski definition) is 2. The van der Waals surface area contributed by atoms with Gasteiger partial charge >= 0.3 is 6.03 Å². The standard InChI is InChI=1S/C14H21N3O/c1-10(16-9-14(2)7-8-14)11-3-5-12(6-4-11)17-13(15)18/h3-6,10,16H,7-9H2,1-2H3,(H3,15,17,18). The van der Waals surface area contributed by atoms with Gasteiger partial charge in [-0.15, -0.1) is 0 Å². The number of rotatable bonds is 5. The molecule has 0 radical (unpaired) electrons. The number of benzene rings is 1. The Balaban J connectivity index is 1.89. The second-order valence-electron chi connectivity index (χ2n) is 5.52. The van der Waals surface area contributed by atoms with Crippen molar-refractivity contribution in [1.82, 2.24) is 5.32 Å². The van der Waals surface area contributed by atoms with Crippen LogP contribution in [0.25, 0.3) is 0 Å². The fourth-order valence-corrected chi connectivity index (χ4v) is 1.90. The average molecular weight is 247 g/mol. The Hall–Kier alpha value is -1.55. The van der Waals surface area contributed by atoms with Crippen LogP contribution < -0.4 is 16.4 Å². The minimum Gasteiger partial charge on any atom is -0.351 e. The van der Waals surface area contributed by atoms with Crippen molar-refractivity contribution in [3.8, 4) is 0 Å². The molecule has 0 saturated heterocycles. The van der Waals surface area contributed by atoms with E-state index < -0.39 is 6.03 Å². The molecule has 1 atom stereocenters. The third kappa shape index (κ3) is 3.47. The zero-order chi connectivity index (χ0) is 13.2. The normalized spacial score (nSPS) is 18.1. The van der Waals surface area contributed by atoms with Crippen molar-refractivity contribution in [3.63, 3.8) is 0 Å². The predicted octanol–water partition coefficient (Wildman–Crippen LogP) is 2.63. The topological polar surface area (TPSA) is 67.2 Å². The first kappa shape index (κ1) is 12.9. The van der Waals surface area contributed by atoms with Crippen LogP contribution in [-0.2, 0) is 0 Å². The minimum atomic E-state index is -0.532. The van der Waals surface area contributed by atoms with E-state index in [0.29, 0.717) is 11.5 Å². The Bertz CT molecular complexity index is 423. The molecule has 0 bridgehead atoms. The molecular weight excluding hydrogens is 226 g/mol. The molecule has 0 spiro atoms. The van der Waals surface area contributed by atoms with Gasteiger partial charge in [-0.25, -0.2) is 4.79 Å². The van der Waals surface area contributed by atoms with Crippen LogP contribution in [0.15, 0.2) is 24.3 Å². The molecule has 1 saturated carbocycles. The van der Waals surface area contributed by atoms with Crippen LogP contribution in [0.5, 0.6) is 0 Å². The molecule has 1 fully saturated rings. The number of carbonyl (C=O) groups is 1. The lowest BCUT2D eigenvalue weighted by Crippen LogP contribution is -2.25. The predicted molar refractivity (Wildman–Crippen MR) is 73.4 cm³/mol. The van der Waals surface area contributed by atoms with Crippen molar-refractivity contribution < 1.29 is 4.79 Å². The Labute approximate surface area is 108 Å². The summed E-state index contributed by atoms with van der Waals surface area (Å²) in [7, 11) is 0. The molecule has 4 N–H and O–H groups in total. The van der Waals surface area contributed by atoms with Crippen LogP contribution >= 0.6 is 0 Å². The molecule has 1 aromatic carbocycles. The van der Waals surface area contributed by atoms with Gasteiger partial charge in [-0.2, -0.15) is 0 Å². The van der Waals surface area contributed by atoms with Crippen LogP contribution in [0.4, 0.5) is 10.5 Å². The smallest absolute Gasteiger partial charge is 0.316 e. The molecular formula is C14H21N3O. The largest absolute Gasteiger partial charge is 0.351 e. The van der Waals surface area contributed by atoms with Crippen LogP contribution in [0.3, 0.4) is 0 Å². The lowest BCUT2D eigenvalue weighted by molar-refractivity contribution is 0.259. The fourth-order valence-electron chi connectivity index (χ4n) is 1.90. The summed E-state index contributed by atoms with van der Waals surface area (Å²) in [6, 6.07) is 7.56. The highest BCUT2D eigenvalue weighted by Crippen LogP contribution is 2.44. The minimum absolute atomic E-state index is 0.324. The lowest BCUT2D eigenvalue weighted by atomic mass is 10.1. The van der Waals surface area contributed by atoms with E-state index in [9.17, 15) is 4.79 Å². The third-order valence-corrected chi connectivity index (χ3v) is 3.62. The zero-order valence-electron chi connectivity index (χ0n) is 11.0. The molecule has 1 unspecified atom stereocenters. The van der Waals surface area contributed by atoms with Crippen molar-refractivity contribution in [2.24, 2.45) is 11.1 Å². The first-order valence-corrected chi connectivity index (χ1v) is 6.38. The molecule has 1 aliphatic carbocycles. The Kier molecular flexibility index (Phi) is 3.57. The summed E-state index contributed by atoms with van der Waals surface area (Å²) < 4.78 is 0. The number of anilines is 1. The van der Waals surface area contributed by atoms with E-state index >= 15 is 0 Å². The quantitative estimate of drug-likeness (QED) is 0.748. The number of hydrogen-bond donors (Lipinski definition) is 3. The summed E-state index contributed by atoms with van der Waals surface area (Å²) >= 11 is 0. The Morgan fingerprint density at radius 2 is 2.00 bits per heavy atom. The summed E-state index contributed by atoms with van der Waals surface area (Å²) in [5.74, 6) is 0. The number of primary amides is 1. The van der Waals surface area contributed by atoms with Crippen molar-refractivity contribution in [2.45, 2.75) is 32.7 Å². The molecule has 0 aliphatic heterocycles. The molecule has 0 aromatic heterocycles. The van der Waals surface area contributed by atoms with Gasteiger partial charge in [0.2, 0.25) is 0 Å². The van der Waals surface area contributed by atoms with E-state index in [2.05, 4.69) is 24.5 Å². The van der Waals surface area contributed by atoms with E-state index in [-0.39, 0.29) is 0 Å². The van der Waals surface area contributed by atoms with E-state index in [1.54, 1.807) is 0 Å². The number of amides is 2. The van der Waals surface area contributed by atoms with Gasteiger partial charge < -0.3 is 16.4 Å². The number of urea groups is 1. The average Bonchev–Trinajstić information content (AvgIpc) is 3.05. The van der Waals surface area contributed by atoms with Gasteiger partial charge in [-0.1, -0.05) is 19.1 Å². The van der Waals surface area contributed by atoms with Crippen LogP contribution in [-0.4, -0.2) is 12.6 Å². The van der Waals surface area contributed by atoms with Gasteiger partial charge in [0.05, 0.1) is 0 Å². The van der Waals surface area contributed by atoms with Gasteiger partial charge in [-0.05, 0) is 42.9 Å². The van der Waals surface area contributed by atoms with Crippen molar-refractivity contribution in [3.05, 3.63) is 29.8 Å². The van der Waals surface area contributed by atoms with Gasteiger partial charge in [-0.3, -0.25) is 0 Å². The highest BCUT2D eigenvalue weighted by Gasteiger charge is 2.36. The highest BCUT2D eigenvalue weighted by atomic mass is 16.2. The summed E-state index contributed by atoms with van der Waals surface area (Å²) in [6.45, 7) is 5.53. The molecule has 2 rings (SSSR count). The summed E-state index contributed by atoms with van der Waals surface area (Å²) in [6.07, 6.45) is 2.66. The first-order chi connectivity index (χ1) is 8.48. The van der Waals surface area contributed by atoms with Gasteiger partial charge in [0.15, 0.2) is 0 Å². The lowest BCUT2D eigenvalue weighted by Gasteiger charge is -2.17. The highest BCUT2D eigenvalue weighted by molar-refractivity contribution is 5.87. The molecule has 2 amide bonds. The zero-order valence-corrected chi connectivity index (χ0v) is 11.0. The van der Waals surface area contributed by atoms with E-state index in [0.717, 1.165) is 12.2 Å². The molecule has 4 nitrogen and oxygen atoms in total.